The molecule has 0 saturated carbocycles. The lowest BCUT2D eigenvalue weighted by atomic mass is 10.2. The van der Waals surface area contributed by atoms with Crippen molar-refractivity contribution in [1.29, 1.82) is 5.26 Å². The smallest absolute Gasteiger partial charge is 0.231 e. The number of nitriles is 1. The molecule has 0 unspecified atom stereocenters. The lowest BCUT2D eigenvalue weighted by molar-refractivity contribution is 0.174. The van der Waals surface area contributed by atoms with Crippen LogP contribution in [-0.2, 0) is 6.54 Å². The van der Waals surface area contributed by atoms with Gasteiger partial charge < -0.3 is 29.6 Å². The molecule has 136 valence electrons. The minimum absolute atomic E-state index is 0.293. The first-order valence-corrected chi connectivity index (χ1v) is 9.00. The Bertz CT molecular complexity index is 846. The van der Waals surface area contributed by atoms with Crippen LogP contribution in [0.5, 0.6) is 11.5 Å². The molecule has 1 saturated heterocycles. The maximum atomic E-state index is 9.37. The molecule has 3 heterocycles. The van der Waals surface area contributed by atoms with E-state index in [9.17, 15) is 5.26 Å². The van der Waals surface area contributed by atoms with Gasteiger partial charge in [-0.25, -0.2) is 0 Å². The fourth-order valence-electron chi connectivity index (χ4n) is 3.71. The van der Waals surface area contributed by atoms with Crippen molar-refractivity contribution in [2.24, 2.45) is 0 Å². The Morgan fingerprint density at radius 3 is 2.54 bits per heavy atom. The van der Waals surface area contributed by atoms with E-state index in [-0.39, 0.29) is 0 Å². The molecule has 1 aromatic heterocycles. The number of anilines is 3. The molecule has 7 nitrogen and oxygen atoms in total. The molecule has 26 heavy (non-hydrogen) atoms. The zero-order valence-corrected chi connectivity index (χ0v) is 14.9. The molecule has 0 radical (unpaired) electrons. The number of rotatable bonds is 4. The third-order valence-corrected chi connectivity index (χ3v) is 4.96. The number of benzene rings is 1. The van der Waals surface area contributed by atoms with Crippen LogP contribution < -0.4 is 25.0 Å². The third-order valence-electron chi connectivity index (χ3n) is 4.96. The number of nitrogen functional groups attached to an aromatic ring is 1. The Hall–Kier alpha value is -3.01. The highest BCUT2D eigenvalue weighted by Crippen LogP contribution is 2.36. The van der Waals surface area contributed by atoms with Crippen LogP contribution in [0.3, 0.4) is 0 Å². The standard InChI is InChI=1S/C19H23N5O2/c1-2-5-24-15(12-20)10-16(21)19(24)23-8-6-22(7-9-23)14-3-4-17-18(11-14)26-13-25-17/h3-4,10-11H,2,5-9,13,21H2,1H3. The summed E-state index contributed by atoms with van der Waals surface area (Å²) in [5.41, 5.74) is 8.69. The number of aromatic nitrogens is 1. The first kappa shape index (κ1) is 16.5. The van der Waals surface area contributed by atoms with Gasteiger partial charge in [0.2, 0.25) is 6.79 Å². The summed E-state index contributed by atoms with van der Waals surface area (Å²) in [6.07, 6.45) is 0.965. The molecule has 1 fully saturated rings. The molecular weight excluding hydrogens is 330 g/mol. The Morgan fingerprint density at radius 2 is 1.81 bits per heavy atom. The van der Waals surface area contributed by atoms with Crippen LogP contribution in [0.2, 0.25) is 0 Å². The van der Waals surface area contributed by atoms with Crippen molar-refractivity contribution in [3.8, 4) is 17.6 Å². The SMILES string of the molecule is CCCn1c(C#N)cc(N)c1N1CCN(c2ccc3c(c2)OCO3)CC1. The number of hydrogen-bond donors (Lipinski definition) is 1. The number of fused-ring (bicyclic) bond motifs is 1. The van der Waals surface area contributed by atoms with Crippen molar-refractivity contribution >= 4 is 17.2 Å². The Balaban J connectivity index is 1.51. The maximum Gasteiger partial charge on any atom is 0.231 e. The van der Waals surface area contributed by atoms with Gasteiger partial charge in [-0.1, -0.05) is 6.92 Å². The maximum absolute atomic E-state index is 9.37. The Labute approximate surface area is 153 Å². The first-order chi connectivity index (χ1) is 12.7. The second kappa shape index (κ2) is 6.71. The first-order valence-electron chi connectivity index (χ1n) is 9.00. The molecule has 2 aromatic rings. The quantitative estimate of drug-likeness (QED) is 0.909. The average Bonchev–Trinajstić information content (AvgIpc) is 3.25. The van der Waals surface area contributed by atoms with E-state index in [1.165, 1.54) is 0 Å². The molecule has 0 amide bonds. The minimum atomic E-state index is 0.293. The lowest BCUT2D eigenvalue weighted by Gasteiger charge is -2.38. The van der Waals surface area contributed by atoms with E-state index < -0.39 is 0 Å². The predicted octanol–water partition coefficient (Wildman–Crippen LogP) is 2.41. The van der Waals surface area contributed by atoms with Gasteiger partial charge in [0.05, 0.1) is 5.69 Å². The van der Waals surface area contributed by atoms with Gasteiger partial charge >= 0.3 is 0 Å². The van der Waals surface area contributed by atoms with Gasteiger partial charge in [-0.3, -0.25) is 0 Å². The van der Waals surface area contributed by atoms with Gasteiger partial charge in [0, 0.05) is 44.5 Å². The van der Waals surface area contributed by atoms with Gasteiger partial charge in [-0.05, 0) is 24.6 Å². The fourth-order valence-corrected chi connectivity index (χ4v) is 3.71. The third kappa shape index (κ3) is 2.77. The summed E-state index contributed by atoms with van der Waals surface area (Å²) in [7, 11) is 0. The summed E-state index contributed by atoms with van der Waals surface area (Å²) in [6, 6.07) is 10.1. The summed E-state index contributed by atoms with van der Waals surface area (Å²) in [5, 5.41) is 9.37. The van der Waals surface area contributed by atoms with E-state index in [4.69, 9.17) is 15.2 Å². The molecule has 0 aliphatic carbocycles. The summed E-state index contributed by atoms with van der Waals surface area (Å²) >= 11 is 0. The molecule has 2 aliphatic rings. The highest BCUT2D eigenvalue weighted by atomic mass is 16.7. The second-order valence-corrected chi connectivity index (χ2v) is 6.58. The van der Waals surface area contributed by atoms with Crippen molar-refractivity contribution < 1.29 is 9.47 Å². The van der Waals surface area contributed by atoms with Gasteiger partial charge in [0.15, 0.2) is 11.5 Å². The van der Waals surface area contributed by atoms with Crippen LogP contribution in [-0.4, -0.2) is 37.5 Å². The van der Waals surface area contributed by atoms with Crippen molar-refractivity contribution in [2.75, 3.05) is 48.5 Å². The molecule has 0 spiro atoms. The van der Waals surface area contributed by atoms with Crippen LogP contribution >= 0.6 is 0 Å². The van der Waals surface area contributed by atoms with Crippen molar-refractivity contribution in [3.05, 3.63) is 30.0 Å². The Morgan fingerprint density at radius 1 is 1.08 bits per heavy atom. The summed E-state index contributed by atoms with van der Waals surface area (Å²) in [5.74, 6) is 2.60. The average molecular weight is 353 g/mol. The topological polar surface area (TPSA) is 79.7 Å². The highest BCUT2D eigenvalue weighted by molar-refractivity contribution is 5.68. The minimum Gasteiger partial charge on any atom is -0.454 e. The van der Waals surface area contributed by atoms with E-state index in [0.717, 1.165) is 62.1 Å². The lowest BCUT2D eigenvalue weighted by Crippen LogP contribution is -2.47. The van der Waals surface area contributed by atoms with Crippen molar-refractivity contribution in [2.45, 2.75) is 19.9 Å². The zero-order valence-electron chi connectivity index (χ0n) is 14.9. The molecule has 7 heteroatoms. The molecular formula is C19H23N5O2. The molecule has 4 rings (SSSR count). The summed E-state index contributed by atoms with van der Waals surface area (Å²) in [4.78, 5) is 4.63. The normalized spacial score (nSPS) is 16.0. The number of piperazine rings is 1. The van der Waals surface area contributed by atoms with Gasteiger partial charge in [0.25, 0.3) is 0 Å². The van der Waals surface area contributed by atoms with Crippen LogP contribution in [0, 0.1) is 11.3 Å². The monoisotopic (exact) mass is 353 g/mol. The summed E-state index contributed by atoms with van der Waals surface area (Å²) < 4.78 is 12.9. The van der Waals surface area contributed by atoms with E-state index >= 15 is 0 Å². The molecule has 2 aliphatic heterocycles. The van der Waals surface area contributed by atoms with Crippen molar-refractivity contribution in [1.82, 2.24) is 4.57 Å². The van der Waals surface area contributed by atoms with Crippen LogP contribution in [0.25, 0.3) is 0 Å². The van der Waals surface area contributed by atoms with Crippen molar-refractivity contribution in [3.63, 3.8) is 0 Å². The largest absolute Gasteiger partial charge is 0.454 e. The second-order valence-electron chi connectivity index (χ2n) is 6.58. The van der Waals surface area contributed by atoms with E-state index in [1.807, 2.05) is 16.7 Å². The number of hydrogen-bond acceptors (Lipinski definition) is 6. The van der Waals surface area contributed by atoms with E-state index in [2.05, 4.69) is 28.9 Å². The number of nitrogens with zero attached hydrogens (tertiary/aromatic N) is 4. The number of nitrogens with two attached hydrogens (primary N) is 1. The molecule has 0 bridgehead atoms. The van der Waals surface area contributed by atoms with Crippen LogP contribution in [0.15, 0.2) is 24.3 Å². The van der Waals surface area contributed by atoms with Crippen LogP contribution in [0.1, 0.15) is 19.0 Å². The fraction of sp³-hybridized carbons (Fsp3) is 0.421. The van der Waals surface area contributed by atoms with Gasteiger partial charge in [-0.2, -0.15) is 5.26 Å². The molecule has 2 N–H and O–H groups in total. The predicted molar refractivity (Wildman–Crippen MR) is 101 cm³/mol. The van der Waals surface area contributed by atoms with Crippen LogP contribution in [0.4, 0.5) is 17.2 Å². The zero-order chi connectivity index (χ0) is 18.1. The number of ether oxygens (including phenoxy) is 2. The van der Waals surface area contributed by atoms with Gasteiger partial charge in [-0.15, -0.1) is 0 Å². The Kier molecular flexibility index (Phi) is 4.25. The molecule has 0 atom stereocenters. The molecule has 1 aromatic carbocycles. The summed E-state index contributed by atoms with van der Waals surface area (Å²) in [6.45, 7) is 6.70. The van der Waals surface area contributed by atoms with E-state index in [1.54, 1.807) is 6.07 Å². The highest BCUT2D eigenvalue weighted by Gasteiger charge is 2.24. The van der Waals surface area contributed by atoms with E-state index in [0.29, 0.717) is 18.2 Å². The van der Waals surface area contributed by atoms with Gasteiger partial charge in [0.1, 0.15) is 17.6 Å².